The molecule has 5 atom stereocenters. The standard InChI is InChI=1S/C17H22BrN/c1-10-5-6-16(15(18)7-10)19-17-9-11-8-14(17)13-4-2-3-12(11)13/h5-7,11-14,17,19H,2-4,8-9H2,1H3. The Balaban J connectivity index is 1.52. The van der Waals surface area contributed by atoms with Crippen molar-refractivity contribution in [3.63, 3.8) is 0 Å². The van der Waals surface area contributed by atoms with E-state index < -0.39 is 0 Å². The van der Waals surface area contributed by atoms with E-state index in [4.69, 9.17) is 0 Å². The van der Waals surface area contributed by atoms with Crippen molar-refractivity contribution in [1.82, 2.24) is 0 Å². The van der Waals surface area contributed by atoms with Crippen LogP contribution >= 0.6 is 15.9 Å². The largest absolute Gasteiger partial charge is 0.381 e. The average Bonchev–Trinajstić information content (AvgIpc) is 3.04. The summed E-state index contributed by atoms with van der Waals surface area (Å²) in [5.41, 5.74) is 2.61. The van der Waals surface area contributed by atoms with Crippen molar-refractivity contribution in [3.8, 4) is 0 Å². The van der Waals surface area contributed by atoms with Crippen molar-refractivity contribution in [3.05, 3.63) is 28.2 Å². The number of anilines is 1. The maximum absolute atomic E-state index is 3.83. The molecule has 1 aromatic carbocycles. The monoisotopic (exact) mass is 319 g/mol. The van der Waals surface area contributed by atoms with Gasteiger partial charge in [0.15, 0.2) is 0 Å². The quantitative estimate of drug-likeness (QED) is 0.809. The van der Waals surface area contributed by atoms with Crippen LogP contribution in [0.1, 0.15) is 37.7 Å². The Bertz CT molecular complexity index is 498. The molecule has 0 spiro atoms. The first kappa shape index (κ1) is 12.3. The summed E-state index contributed by atoms with van der Waals surface area (Å²) >= 11 is 3.70. The van der Waals surface area contributed by atoms with Crippen molar-refractivity contribution < 1.29 is 0 Å². The lowest BCUT2D eigenvalue weighted by atomic mass is 9.79. The first-order chi connectivity index (χ1) is 9.22. The van der Waals surface area contributed by atoms with Crippen molar-refractivity contribution >= 4 is 21.6 Å². The fourth-order valence-electron chi connectivity index (χ4n) is 5.17. The molecule has 5 unspecified atom stereocenters. The van der Waals surface area contributed by atoms with Crippen LogP contribution in [-0.4, -0.2) is 6.04 Å². The molecule has 0 amide bonds. The number of halogens is 1. The lowest BCUT2D eigenvalue weighted by Crippen LogP contribution is -2.33. The van der Waals surface area contributed by atoms with Gasteiger partial charge in [-0.3, -0.25) is 0 Å². The van der Waals surface area contributed by atoms with E-state index in [1.54, 1.807) is 0 Å². The van der Waals surface area contributed by atoms with E-state index in [1.807, 2.05) is 0 Å². The van der Waals surface area contributed by atoms with Gasteiger partial charge in [-0.05, 0) is 89.9 Å². The third-order valence-corrected chi connectivity index (χ3v) is 6.55. The smallest absolute Gasteiger partial charge is 0.0487 e. The average molecular weight is 320 g/mol. The molecule has 3 aliphatic rings. The molecule has 0 aromatic heterocycles. The van der Waals surface area contributed by atoms with Gasteiger partial charge in [-0.2, -0.15) is 0 Å². The highest BCUT2D eigenvalue weighted by molar-refractivity contribution is 9.10. The molecule has 3 aliphatic carbocycles. The summed E-state index contributed by atoms with van der Waals surface area (Å²) in [6.07, 6.45) is 7.41. The minimum Gasteiger partial charge on any atom is -0.381 e. The predicted molar refractivity (Wildman–Crippen MR) is 83.3 cm³/mol. The molecule has 1 aromatic rings. The number of nitrogens with one attached hydrogen (secondary N) is 1. The van der Waals surface area contributed by atoms with E-state index in [0.29, 0.717) is 0 Å². The number of aryl methyl sites for hydroxylation is 1. The number of hydrogen-bond acceptors (Lipinski definition) is 1. The van der Waals surface area contributed by atoms with Crippen LogP contribution in [-0.2, 0) is 0 Å². The lowest BCUT2D eigenvalue weighted by molar-refractivity contribution is 0.243. The molecular formula is C17H22BrN. The molecule has 2 heteroatoms. The summed E-state index contributed by atoms with van der Waals surface area (Å²) < 4.78 is 1.22. The van der Waals surface area contributed by atoms with Gasteiger partial charge >= 0.3 is 0 Å². The van der Waals surface area contributed by atoms with E-state index >= 15 is 0 Å². The van der Waals surface area contributed by atoms with E-state index in [-0.39, 0.29) is 0 Å². The molecule has 102 valence electrons. The van der Waals surface area contributed by atoms with Crippen LogP contribution in [0.25, 0.3) is 0 Å². The van der Waals surface area contributed by atoms with Crippen LogP contribution in [0.3, 0.4) is 0 Å². The molecule has 19 heavy (non-hydrogen) atoms. The van der Waals surface area contributed by atoms with Gasteiger partial charge in [0, 0.05) is 16.2 Å². The minimum atomic E-state index is 0.725. The molecular weight excluding hydrogens is 298 g/mol. The molecule has 0 aliphatic heterocycles. The zero-order valence-electron chi connectivity index (χ0n) is 11.5. The van der Waals surface area contributed by atoms with Crippen LogP contribution in [0.2, 0.25) is 0 Å². The Labute approximate surface area is 124 Å². The second-order valence-corrected chi connectivity index (χ2v) is 7.74. The third-order valence-electron chi connectivity index (χ3n) is 5.89. The Morgan fingerprint density at radius 3 is 2.79 bits per heavy atom. The fraction of sp³-hybridized carbons (Fsp3) is 0.647. The van der Waals surface area contributed by atoms with E-state index in [1.165, 1.54) is 47.8 Å². The summed E-state index contributed by atoms with van der Waals surface area (Å²) in [7, 11) is 0. The van der Waals surface area contributed by atoms with Gasteiger partial charge < -0.3 is 5.32 Å². The van der Waals surface area contributed by atoms with Gasteiger partial charge in [0.05, 0.1) is 0 Å². The van der Waals surface area contributed by atoms with Crippen LogP contribution in [0.15, 0.2) is 22.7 Å². The summed E-state index contributed by atoms with van der Waals surface area (Å²) in [4.78, 5) is 0. The topological polar surface area (TPSA) is 12.0 Å². The highest BCUT2D eigenvalue weighted by atomic mass is 79.9. The normalized spacial score (nSPS) is 39.6. The maximum Gasteiger partial charge on any atom is 0.0487 e. The maximum atomic E-state index is 3.83. The van der Waals surface area contributed by atoms with Gasteiger partial charge in [0.1, 0.15) is 0 Å². The number of benzene rings is 1. The van der Waals surface area contributed by atoms with Crippen LogP contribution in [0.4, 0.5) is 5.69 Å². The first-order valence-electron chi connectivity index (χ1n) is 7.75. The van der Waals surface area contributed by atoms with Crippen LogP contribution in [0, 0.1) is 30.6 Å². The molecule has 2 bridgehead atoms. The van der Waals surface area contributed by atoms with E-state index in [2.05, 4.69) is 46.4 Å². The number of rotatable bonds is 2. The van der Waals surface area contributed by atoms with Crippen molar-refractivity contribution in [2.24, 2.45) is 23.7 Å². The second kappa shape index (κ2) is 4.51. The van der Waals surface area contributed by atoms with Gasteiger partial charge in [-0.25, -0.2) is 0 Å². The molecule has 3 saturated carbocycles. The molecule has 0 saturated heterocycles. The lowest BCUT2D eigenvalue weighted by Gasteiger charge is -2.33. The van der Waals surface area contributed by atoms with Crippen LogP contribution < -0.4 is 5.32 Å². The van der Waals surface area contributed by atoms with Crippen LogP contribution in [0.5, 0.6) is 0 Å². The highest BCUT2D eigenvalue weighted by Crippen LogP contribution is 2.59. The Morgan fingerprint density at radius 2 is 1.95 bits per heavy atom. The Hall–Kier alpha value is -0.500. The number of hydrogen-bond donors (Lipinski definition) is 1. The van der Waals surface area contributed by atoms with Gasteiger partial charge in [0.25, 0.3) is 0 Å². The molecule has 4 rings (SSSR count). The van der Waals surface area contributed by atoms with Gasteiger partial charge in [0.2, 0.25) is 0 Å². The van der Waals surface area contributed by atoms with E-state index in [9.17, 15) is 0 Å². The zero-order valence-corrected chi connectivity index (χ0v) is 13.1. The summed E-state index contributed by atoms with van der Waals surface area (Å²) in [6, 6.07) is 7.38. The molecule has 0 radical (unpaired) electrons. The number of fused-ring (bicyclic) bond motifs is 5. The Morgan fingerprint density at radius 1 is 1.11 bits per heavy atom. The van der Waals surface area contributed by atoms with Crippen molar-refractivity contribution in [2.45, 2.75) is 45.1 Å². The van der Waals surface area contributed by atoms with Crippen molar-refractivity contribution in [1.29, 1.82) is 0 Å². The molecule has 1 nitrogen and oxygen atoms in total. The Kier molecular flexibility index (Phi) is 2.91. The minimum absolute atomic E-state index is 0.725. The molecule has 3 fully saturated rings. The summed E-state index contributed by atoms with van der Waals surface area (Å²) in [5, 5.41) is 3.83. The first-order valence-corrected chi connectivity index (χ1v) is 8.54. The second-order valence-electron chi connectivity index (χ2n) is 6.89. The summed E-state index contributed by atoms with van der Waals surface area (Å²) in [5.74, 6) is 4.11. The summed E-state index contributed by atoms with van der Waals surface area (Å²) in [6.45, 7) is 2.15. The van der Waals surface area contributed by atoms with E-state index in [0.717, 1.165) is 29.7 Å². The van der Waals surface area contributed by atoms with Gasteiger partial charge in [-0.1, -0.05) is 12.5 Å². The predicted octanol–water partition coefficient (Wildman–Crippen LogP) is 4.99. The fourth-order valence-corrected chi connectivity index (χ4v) is 5.78. The SMILES string of the molecule is Cc1ccc(NC2CC3CC2C2CCCC32)c(Br)c1. The highest BCUT2D eigenvalue weighted by Gasteiger charge is 2.53. The molecule has 1 N–H and O–H groups in total. The zero-order chi connectivity index (χ0) is 13.0. The van der Waals surface area contributed by atoms with Gasteiger partial charge in [-0.15, -0.1) is 0 Å². The van der Waals surface area contributed by atoms with Crippen molar-refractivity contribution in [2.75, 3.05) is 5.32 Å². The molecule has 0 heterocycles. The third kappa shape index (κ3) is 1.94.